The minimum Gasteiger partial charge on any atom is -0.486 e. The number of likely N-dealkylation sites (N-methyl/N-ethyl adjacent to an activating group) is 1. The molecule has 10 heteroatoms. The van der Waals surface area contributed by atoms with Gasteiger partial charge in [-0.2, -0.15) is 0 Å². The smallest absolute Gasteiger partial charge is 0.262 e. The number of amides is 1. The Hall–Kier alpha value is -2.69. The van der Waals surface area contributed by atoms with Crippen LogP contribution in [-0.4, -0.2) is 74.7 Å². The third-order valence-electron chi connectivity index (χ3n) is 7.85. The van der Waals surface area contributed by atoms with Crippen molar-refractivity contribution in [2.24, 2.45) is 11.8 Å². The first-order valence-electron chi connectivity index (χ1n) is 13.8. The van der Waals surface area contributed by atoms with Gasteiger partial charge in [0.05, 0.1) is 28.8 Å². The van der Waals surface area contributed by atoms with Gasteiger partial charge in [-0.05, 0) is 69.1 Å². The van der Waals surface area contributed by atoms with Crippen molar-refractivity contribution >= 4 is 21.6 Å². The van der Waals surface area contributed by atoms with Crippen LogP contribution in [-0.2, 0) is 10.0 Å². The summed E-state index contributed by atoms with van der Waals surface area (Å²) in [6.07, 6.45) is 5.92. The van der Waals surface area contributed by atoms with E-state index in [9.17, 15) is 22.7 Å². The molecule has 1 aliphatic carbocycles. The summed E-state index contributed by atoms with van der Waals surface area (Å²) < 4.78 is 48.9. The van der Waals surface area contributed by atoms with Gasteiger partial charge in [-0.15, -0.1) is 0 Å². The van der Waals surface area contributed by atoms with Gasteiger partial charge in [0.15, 0.2) is 5.75 Å². The topological polar surface area (TPSA) is 99.2 Å². The Morgan fingerprint density at radius 1 is 1.13 bits per heavy atom. The van der Waals surface area contributed by atoms with E-state index in [1.165, 1.54) is 44.2 Å². The van der Waals surface area contributed by atoms with Crippen LogP contribution in [0, 0.1) is 17.7 Å². The van der Waals surface area contributed by atoms with Gasteiger partial charge in [0.2, 0.25) is 0 Å². The van der Waals surface area contributed by atoms with Gasteiger partial charge in [-0.25, -0.2) is 12.8 Å². The Balaban J connectivity index is 1.68. The van der Waals surface area contributed by atoms with Crippen molar-refractivity contribution in [3.05, 3.63) is 53.8 Å². The molecular weight excluding hydrogens is 521 g/mol. The van der Waals surface area contributed by atoms with Crippen molar-refractivity contribution in [3.8, 4) is 5.75 Å². The number of nitrogens with one attached hydrogen (secondary N) is 1. The fourth-order valence-corrected chi connectivity index (χ4v) is 6.61. The molecule has 39 heavy (non-hydrogen) atoms. The molecule has 0 unspecified atom stereocenters. The van der Waals surface area contributed by atoms with Crippen LogP contribution >= 0.6 is 0 Å². The predicted octanol–water partition coefficient (Wildman–Crippen LogP) is 4.36. The first-order chi connectivity index (χ1) is 18.6. The number of sulfonamides is 1. The van der Waals surface area contributed by atoms with Crippen LogP contribution in [0.4, 0.5) is 10.1 Å². The number of anilines is 1. The molecule has 214 valence electrons. The highest BCUT2D eigenvalue weighted by atomic mass is 32.2. The molecule has 1 fully saturated rings. The number of hydrogen-bond donors (Lipinski definition) is 2. The Morgan fingerprint density at radius 2 is 1.82 bits per heavy atom. The van der Waals surface area contributed by atoms with E-state index in [0.717, 1.165) is 18.7 Å². The van der Waals surface area contributed by atoms with Gasteiger partial charge in [-0.1, -0.05) is 32.3 Å². The zero-order valence-corrected chi connectivity index (χ0v) is 23.8. The second-order valence-corrected chi connectivity index (χ2v) is 12.8. The van der Waals surface area contributed by atoms with Crippen LogP contribution in [0.15, 0.2) is 47.4 Å². The number of halogens is 1. The summed E-state index contributed by atoms with van der Waals surface area (Å²) in [5.41, 5.74) is 0.359. The first kappa shape index (κ1) is 29.3. The molecule has 2 aromatic rings. The van der Waals surface area contributed by atoms with E-state index in [-0.39, 0.29) is 46.4 Å². The van der Waals surface area contributed by atoms with Crippen LogP contribution in [0.25, 0.3) is 0 Å². The molecule has 2 aliphatic rings. The fourth-order valence-electron chi connectivity index (χ4n) is 5.55. The summed E-state index contributed by atoms with van der Waals surface area (Å²) in [6, 6.07) is 8.88. The molecular formula is C29H40FN3O5S. The molecule has 2 aromatic carbocycles. The number of ether oxygens (including phenoxy) is 1. The lowest BCUT2D eigenvalue weighted by Gasteiger charge is -2.39. The lowest BCUT2D eigenvalue weighted by molar-refractivity contribution is 0.0333. The Labute approximate surface area is 231 Å². The highest BCUT2D eigenvalue weighted by molar-refractivity contribution is 7.92. The molecule has 3 atom stereocenters. The molecule has 1 amide bonds. The van der Waals surface area contributed by atoms with Crippen LogP contribution in [0.1, 0.15) is 56.3 Å². The van der Waals surface area contributed by atoms with E-state index >= 15 is 0 Å². The second kappa shape index (κ2) is 12.7. The van der Waals surface area contributed by atoms with E-state index in [0.29, 0.717) is 19.0 Å². The number of hydrogen-bond acceptors (Lipinski definition) is 6. The van der Waals surface area contributed by atoms with Gasteiger partial charge >= 0.3 is 0 Å². The lowest BCUT2D eigenvalue weighted by Crippen LogP contribution is -2.50. The maximum Gasteiger partial charge on any atom is 0.262 e. The standard InChI is InChI=1S/C29H40FN3O5S/c1-20-16-33(21(2)19-34)29(35)25-10-7-11-26(31-39(36,37)24-14-12-23(30)13-15-24)28(25)38-27(20)18-32(3)17-22-8-5-4-6-9-22/h7,10-15,20-22,27,31,34H,4-6,8-9,16-19H2,1-3H3/t20-,21-,27+/m0/s1. The number of para-hydroxylation sites is 1. The van der Waals surface area contributed by atoms with Crippen LogP contribution < -0.4 is 9.46 Å². The molecule has 0 spiro atoms. The third kappa shape index (κ3) is 7.10. The third-order valence-corrected chi connectivity index (χ3v) is 9.23. The first-order valence-corrected chi connectivity index (χ1v) is 15.3. The largest absolute Gasteiger partial charge is 0.486 e. The predicted molar refractivity (Wildman–Crippen MR) is 149 cm³/mol. The quantitative estimate of drug-likeness (QED) is 0.472. The summed E-state index contributed by atoms with van der Waals surface area (Å²) in [5.74, 6) is -0.168. The van der Waals surface area contributed by atoms with Gasteiger partial charge in [0.1, 0.15) is 11.9 Å². The van der Waals surface area contributed by atoms with Crippen LogP contribution in [0.2, 0.25) is 0 Å². The van der Waals surface area contributed by atoms with E-state index in [1.807, 2.05) is 6.92 Å². The number of fused-ring (bicyclic) bond motifs is 1. The number of carbonyl (C=O) groups is 1. The molecule has 1 saturated carbocycles. The van der Waals surface area contributed by atoms with Gasteiger partial charge in [-0.3, -0.25) is 9.52 Å². The number of carbonyl (C=O) groups excluding carboxylic acids is 1. The van der Waals surface area contributed by atoms with Crippen molar-refractivity contribution in [1.29, 1.82) is 0 Å². The van der Waals surface area contributed by atoms with Crippen LogP contribution in [0.3, 0.4) is 0 Å². The summed E-state index contributed by atoms with van der Waals surface area (Å²) in [6.45, 7) is 5.56. The summed E-state index contributed by atoms with van der Waals surface area (Å²) >= 11 is 0. The molecule has 0 saturated heterocycles. The van der Waals surface area contributed by atoms with E-state index in [1.54, 1.807) is 30.0 Å². The molecule has 0 radical (unpaired) electrons. The van der Waals surface area contributed by atoms with Crippen molar-refractivity contribution in [2.45, 2.75) is 63.0 Å². The molecule has 4 rings (SSSR count). The number of rotatable bonds is 9. The van der Waals surface area contributed by atoms with Gasteiger partial charge in [0, 0.05) is 25.6 Å². The maximum absolute atomic E-state index is 13.7. The number of nitrogens with zero attached hydrogens (tertiary/aromatic N) is 2. The highest BCUT2D eigenvalue weighted by Gasteiger charge is 2.35. The minimum absolute atomic E-state index is 0.0910. The second-order valence-electron chi connectivity index (χ2n) is 11.1. The highest BCUT2D eigenvalue weighted by Crippen LogP contribution is 2.36. The number of aliphatic hydroxyl groups excluding tert-OH is 1. The Bertz CT molecular complexity index is 1230. The molecule has 1 heterocycles. The average Bonchev–Trinajstić information content (AvgIpc) is 2.91. The Morgan fingerprint density at radius 3 is 2.49 bits per heavy atom. The van der Waals surface area contributed by atoms with Crippen molar-refractivity contribution < 1.29 is 27.4 Å². The fraction of sp³-hybridized carbons (Fsp3) is 0.552. The lowest BCUT2D eigenvalue weighted by atomic mass is 9.89. The summed E-state index contributed by atoms with van der Waals surface area (Å²) in [5, 5.41) is 9.90. The molecule has 8 nitrogen and oxygen atoms in total. The zero-order chi connectivity index (χ0) is 28.2. The van der Waals surface area contributed by atoms with Gasteiger partial charge in [0.25, 0.3) is 15.9 Å². The van der Waals surface area contributed by atoms with Gasteiger partial charge < -0.3 is 19.6 Å². The SMILES string of the molecule is C[C@H]1CN([C@@H](C)CO)C(=O)c2cccc(NS(=O)(=O)c3ccc(F)cc3)c2O[C@@H]1CN(C)CC1CCCCC1. The summed E-state index contributed by atoms with van der Waals surface area (Å²) in [4.78, 5) is 17.5. The molecule has 1 aliphatic heterocycles. The maximum atomic E-state index is 13.7. The minimum atomic E-state index is -4.08. The number of benzene rings is 2. The van der Waals surface area contributed by atoms with Crippen molar-refractivity contribution in [2.75, 3.05) is 38.0 Å². The van der Waals surface area contributed by atoms with E-state index < -0.39 is 21.9 Å². The van der Waals surface area contributed by atoms with Crippen LogP contribution in [0.5, 0.6) is 5.75 Å². The summed E-state index contributed by atoms with van der Waals surface area (Å²) in [7, 11) is -2.01. The normalized spacial score (nSPS) is 21.6. The monoisotopic (exact) mass is 561 g/mol. The molecule has 2 N–H and O–H groups in total. The Kier molecular flexibility index (Phi) is 9.51. The van der Waals surface area contributed by atoms with Crippen molar-refractivity contribution in [1.82, 2.24) is 9.80 Å². The number of aliphatic hydroxyl groups is 1. The van der Waals surface area contributed by atoms with E-state index in [4.69, 9.17) is 4.74 Å². The van der Waals surface area contributed by atoms with Crippen molar-refractivity contribution in [3.63, 3.8) is 0 Å². The molecule has 0 bridgehead atoms. The average molecular weight is 562 g/mol. The zero-order valence-electron chi connectivity index (χ0n) is 23.0. The van der Waals surface area contributed by atoms with E-state index in [2.05, 4.69) is 16.7 Å². The molecule has 0 aromatic heterocycles.